The summed E-state index contributed by atoms with van der Waals surface area (Å²) in [7, 11) is 0. The zero-order valence-corrected chi connectivity index (χ0v) is 26.6. The predicted molar refractivity (Wildman–Crippen MR) is 190 cm³/mol. The molecule has 6 nitrogen and oxygen atoms in total. The van der Waals surface area contributed by atoms with Crippen LogP contribution in [-0.4, -0.2) is 38.4 Å². The molecule has 0 saturated carbocycles. The number of aryl methyl sites for hydroxylation is 1. The quantitative estimate of drug-likeness (QED) is 0.0802. The Balaban J connectivity index is 1.07. The summed E-state index contributed by atoms with van der Waals surface area (Å²) in [4.78, 5) is 25.6. The van der Waals surface area contributed by atoms with E-state index in [9.17, 15) is 9.59 Å². The van der Waals surface area contributed by atoms with Gasteiger partial charge in [-0.25, -0.2) is 9.59 Å². The SMILES string of the molecule is CCc1ccc2c(OCCOC(=O)c3ccc4ccccc4c3)c3ccccc3c(OCCOC(=O)c3ccc4ccccc4c3)c2c1. The lowest BCUT2D eigenvalue weighted by Crippen LogP contribution is -2.13. The zero-order valence-electron chi connectivity index (χ0n) is 26.6. The van der Waals surface area contributed by atoms with Crippen molar-refractivity contribution in [3.63, 3.8) is 0 Å². The molecule has 7 aromatic carbocycles. The molecule has 238 valence electrons. The molecule has 0 atom stereocenters. The van der Waals surface area contributed by atoms with Crippen LogP contribution in [0.5, 0.6) is 11.5 Å². The van der Waals surface area contributed by atoms with Crippen LogP contribution in [0.15, 0.2) is 127 Å². The van der Waals surface area contributed by atoms with Crippen molar-refractivity contribution in [2.24, 2.45) is 0 Å². The van der Waals surface area contributed by atoms with E-state index in [0.29, 0.717) is 22.6 Å². The highest BCUT2D eigenvalue weighted by atomic mass is 16.6. The van der Waals surface area contributed by atoms with Gasteiger partial charge in [0.2, 0.25) is 0 Å². The third-order valence-electron chi connectivity index (χ3n) is 8.49. The van der Waals surface area contributed by atoms with E-state index in [1.165, 1.54) is 0 Å². The number of hydrogen-bond acceptors (Lipinski definition) is 6. The van der Waals surface area contributed by atoms with E-state index < -0.39 is 11.9 Å². The van der Waals surface area contributed by atoms with Crippen molar-refractivity contribution in [1.29, 1.82) is 0 Å². The Kier molecular flexibility index (Phi) is 8.88. The van der Waals surface area contributed by atoms with Crippen LogP contribution < -0.4 is 9.47 Å². The van der Waals surface area contributed by atoms with Gasteiger partial charge in [0.05, 0.1) is 11.1 Å². The number of rotatable bonds is 11. The summed E-state index contributed by atoms with van der Waals surface area (Å²) in [5, 5.41) is 7.64. The molecule has 6 heteroatoms. The Morgan fingerprint density at radius 3 is 1.44 bits per heavy atom. The summed E-state index contributed by atoms with van der Waals surface area (Å²) < 4.78 is 23.9. The Hall–Kier alpha value is -5.88. The molecule has 0 spiro atoms. The normalized spacial score (nSPS) is 11.2. The molecule has 0 amide bonds. The van der Waals surface area contributed by atoms with Gasteiger partial charge >= 0.3 is 11.9 Å². The van der Waals surface area contributed by atoms with Gasteiger partial charge in [-0.15, -0.1) is 0 Å². The molecule has 0 aliphatic rings. The van der Waals surface area contributed by atoms with Crippen molar-refractivity contribution >= 4 is 55.0 Å². The minimum absolute atomic E-state index is 0.0926. The first-order valence-electron chi connectivity index (χ1n) is 16.1. The maximum absolute atomic E-state index is 12.8. The van der Waals surface area contributed by atoms with Gasteiger partial charge in [-0.2, -0.15) is 0 Å². The van der Waals surface area contributed by atoms with Gasteiger partial charge in [0.1, 0.15) is 37.9 Å². The molecule has 0 bridgehead atoms. The fourth-order valence-corrected chi connectivity index (χ4v) is 6.03. The van der Waals surface area contributed by atoms with Gasteiger partial charge in [-0.3, -0.25) is 0 Å². The third kappa shape index (κ3) is 6.38. The number of esters is 2. The van der Waals surface area contributed by atoms with Crippen LogP contribution in [-0.2, 0) is 15.9 Å². The van der Waals surface area contributed by atoms with E-state index in [-0.39, 0.29) is 26.4 Å². The van der Waals surface area contributed by atoms with Gasteiger partial charge in [-0.05, 0) is 63.9 Å². The van der Waals surface area contributed by atoms with Crippen molar-refractivity contribution in [2.45, 2.75) is 13.3 Å². The smallest absolute Gasteiger partial charge is 0.338 e. The average molecular weight is 635 g/mol. The second-order valence-electron chi connectivity index (χ2n) is 11.5. The van der Waals surface area contributed by atoms with E-state index >= 15 is 0 Å². The van der Waals surface area contributed by atoms with Crippen molar-refractivity contribution < 1.29 is 28.5 Å². The van der Waals surface area contributed by atoms with E-state index in [4.69, 9.17) is 18.9 Å². The van der Waals surface area contributed by atoms with Gasteiger partial charge in [0.25, 0.3) is 0 Å². The molecular formula is C42H34O6. The third-order valence-corrected chi connectivity index (χ3v) is 8.49. The molecule has 0 aliphatic heterocycles. The van der Waals surface area contributed by atoms with Gasteiger partial charge < -0.3 is 18.9 Å². The lowest BCUT2D eigenvalue weighted by molar-refractivity contribution is 0.0443. The van der Waals surface area contributed by atoms with Crippen LogP contribution in [0, 0.1) is 0 Å². The molecule has 48 heavy (non-hydrogen) atoms. The first kappa shape index (κ1) is 30.8. The Morgan fingerprint density at radius 1 is 0.458 bits per heavy atom. The lowest BCUT2D eigenvalue weighted by Gasteiger charge is -2.18. The van der Waals surface area contributed by atoms with Crippen molar-refractivity contribution in [1.82, 2.24) is 0 Å². The Bertz CT molecular complexity index is 2290. The summed E-state index contributed by atoms with van der Waals surface area (Å²) in [6, 6.07) is 41.0. The number of carbonyl (C=O) groups excluding carboxylic acids is 2. The Labute approximate surface area is 278 Å². The second kappa shape index (κ2) is 13.9. The first-order valence-corrected chi connectivity index (χ1v) is 16.1. The minimum Gasteiger partial charge on any atom is -0.489 e. The number of fused-ring (bicyclic) bond motifs is 4. The fourth-order valence-electron chi connectivity index (χ4n) is 6.03. The summed E-state index contributed by atoms with van der Waals surface area (Å²) in [6.45, 7) is 2.65. The number of carbonyl (C=O) groups is 2. The molecule has 0 unspecified atom stereocenters. The van der Waals surface area contributed by atoms with E-state index in [1.807, 2.05) is 103 Å². The standard InChI is InChI=1S/C42H34O6/c1-2-28-15-20-37-38(25-28)40(46-22-24-48-42(44)34-19-17-30-10-4-6-12-32(30)27-34)36-14-8-7-13-35(36)39(37)45-21-23-47-41(43)33-18-16-29-9-3-5-11-31(29)26-33/h3-20,25-27H,2,21-24H2,1H3. The monoisotopic (exact) mass is 634 g/mol. The van der Waals surface area contributed by atoms with E-state index in [0.717, 1.165) is 55.1 Å². The van der Waals surface area contributed by atoms with Crippen molar-refractivity contribution in [3.05, 3.63) is 144 Å². The number of hydrogen-bond donors (Lipinski definition) is 0. The summed E-state index contributed by atoms with van der Waals surface area (Å²) in [6.07, 6.45) is 0.854. The largest absolute Gasteiger partial charge is 0.489 e. The molecular weight excluding hydrogens is 600 g/mol. The lowest BCUT2D eigenvalue weighted by atomic mass is 9.98. The first-order chi connectivity index (χ1) is 23.6. The topological polar surface area (TPSA) is 71.1 Å². The van der Waals surface area contributed by atoms with Crippen molar-refractivity contribution in [2.75, 3.05) is 26.4 Å². The highest BCUT2D eigenvalue weighted by Crippen LogP contribution is 2.43. The molecule has 0 radical (unpaired) electrons. The molecule has 7 rings (SSSR count). The highest BCUT2D eigenvalue weighted by molar-refractivity contribution is 6.11. The molecule has 0 aromatic heterocycles. The zero-order chi connectivity index (χ0) is 32.9. The second-order valence-corrected chi connectivity index (χ2v) is 11.5. The van der Waals surface area contributed by atoms with Crippen molar-refractivity contribution in [3.8, 4) is 11.5 Å². The molecule has 0 N–H and O–H groups in total. The Morgan fingerprint density at radius 2 is 0.917 bits per heavy atom. The van der Waals surface area contributed by atoms with Crippen LogP contribution in [0.2, 0.25) is 0 Å². The van der Waals surface area contributed by atoms with Crippen LogP contribution in [0.25, 0.3) is 43.1 Å². The van der Waals surface area contributed by atoms with Crippen LogP contribution in [0.1, 0.15) is 33.2 Å². The fraction of sp³-hybridized carbons (Fsp3) is 0.143. The highest BCUT2D eigenvalue weighted by Gasteiger charge is 2.18. The molecule has 7 aromatic rings. The van der Waals surface area contributed by atoms with Crippen LogP contribution in [0.3, 0.4) is 0 Å². The molecule has 0 saturated heterocycles. The minimum atomic E-state index is -0.392. The summed E-state index contributed by atoms with van der Waals surface area (Å²) in [5.41, 5.74) is 2.16. The maximum Gasteiger partial charge on any atom is 0.338 e. The number of ether oxygens (including phenoxy) is 4. The summed E-state index contributed by atoms with van der Waals surface area (Å²) >= 11 is 0. The molecule has 0 heterocycles. The van der Waals surface area contributed by atoms with Gasteiger partial charge in [0.15, 0.2) is 0 Å². The predicted octanol–water partition coefficient (Wildman–Crippen LogP) is 9.33. The van der Waals surface area contributed by atoms with Crippen LogP contribution >= 0.6 is 0 Å². The van der Waals surface area contributed by atoms with E-state index in [2.05, 4.69) is 19.1 Å². The maximum atomic E-state index is 12.8. The average Bonchev–Trinajstić information content (AvgIpc) is 3.14. The van der Waals surface area contributed by atoms with Crippen LogP contribution in [0.4, 0.5) is 0 Å². The van der Waals surface area contributed by atoms with Gasteiger partial charge in [-0.1, -0.05) is 104 Å². The number of benzene rings is 7. The summed E-state index contributed by atoms with van der Waals surface area (Å²) in [5.74, 6) is 0.613. The van der Waals surface area contributed by atoms with E-state index in [1.54, 1.807) is 12.1 Å². The molecule has 0 fully saturated rings. The van der Waals surface area contributed by atoms with Gasteiger partial charge in [0, 0.05) is 21.5 Å². The molecule has 0 aliphatic carbocycles.